The molecule has 0 amide bonds. The average molecular weight is 538 g/mol. The summed E-state index contributed by atoms with van der Waals surface area (Å²) in [4.78, 5) is 7.68. The number of hydrogen-bond donors (Lipinski definition) is 0. The molecule has 2 fully saturated rings. The fraction of sp³-hybridized carbons (Fsp3) is 0.667. The lowest BCUT2D eigenvalue weighted by Crippen LogP contribution is -2.48. The molecular weight excluding hydrogens is 474 g/mol. The van der Waals surface area contributed by atoms with Crippen molar-refractivity contribution in [3.05, 3.63) is 65.2 Å². The lowest BCUT2D eigenvalue weighted by Gasteiger charge is -2.36. The summed E-state index contributed by atoms with van der Waals surface area (Å²) >= 11 is 0. The molecule has 39 heavy (non-hydrogen) atoms. The van der Waals surface area contributed by atoms with E-state index in [1.165, 1.54) is 74.5 Å². The van der Waals surface area contributed by atoms with E-state index in [1.54, 1.807) is 0 Å². The van der Waals surface area contributed by atoms with Crippen LogP contribution in [-0.4, -0.2) is 55.1 Å². The van der Waals surface area contributed by atoms with Gasteiger partial charge in [-0.15, -0.1) is 0 Å². The minimum Gasteiger partial charge on any atom is -0.372 e. The van der Waals surface area contributed by atoms with Crippen molar-refractivity contribution >= 4 is 5.69 Å². The molecule has 0 N–H and O–H groups in total. The Balaban J connectivity index is 0.000000347. The first-order chi connectivity index (χ1) is 18.9. The normalized spacial score (nSPS) is 16.6. The fourth-order valence-electron chi connectivity index (χ4n) is 5.34. The van der Waals surface area contributed by atoms with Crippen LogP contribution in [0.25, 0.3) is 0 Å². The third-order valence-electron chi connectivity index (χ3n) is 8.17. The number of piperazine rings is 1. The maximum Gasteiger partial charge on any atom is 0.0366 e. The first-order valence-corrected chi connectivity index (χ1v) is 16.3. The first-order valence-electron chi connectivity index (χ1n) is 16.3. The molecule has 0 aliphatic carbocycles. The van der Waals surface area contributed by atoms with E-state index in [0.717, 1.165) is 31.2 Å². The van der Waals surface area contributed by atoms with Gasteiger partial charge in [-0.25, -0.2) is 0 Å². The molecule has 0 atom stereocenters. The molecule has 4 rings (SSSR count). The quantitative estimate of drug-likeness (QED) is 0.349. The van der Waals surface area contributed by atoms with Crippen molar-refractivity contribution in [2.75, 3.05) is 44.2 Å². The molecule has 2 aromatic carbocycles. The lowest BCUT2D eigenvalue weighted by molar-refractivity contribution is 0.104. The number of anilines is 1. The monoisotopic (exact) mass is 538 g/mol. The van der Waals surface area contributed by atoms with Crippen LogP contribution in [0.2, 0.25) is 0 Å². The Morgan fingerprint density at radius 2 is 1.05 bits per heavy atom. The first kappa shape index (κ1) is 35.2. The van der Waals surface area contributed by atoms with Gasteiger partial charge >= 0.3 is 0 Å². The summed E-state index contributed by atoms with van der Waals surface area (Å²) in [5.41, 5.74) is 5.73. The largest absolute Gasteiger partial charge is 0.372 e. The van der Waals surface area contributed by atoms with Gasteiger partial charge in [0.05, 0.1) is 0 Å². The van der Waals surface area contributed by atoms with Crippen molar-refractivity contribution in [1.82, 2.24) is 9.80 Å². The minimum atomic E-state index is 0.691. The molecule has 2 aromatic rings. The van der Waals surface area contributed by atoms with Gasteiger partial charge in [0.25, 0.3) is 0 Å². The van der Waals surface area contributed by atoms with Crippen LogP contribution in [0.15, 0.2) is 48.5 Å². The molecule has 2 aliphatic rings. The Hall–Kier alpha value is -1.84. The highest BCUT2D eigenvalue weighted by Gasteiger charge is 2.21. The second-order valence-electron chi connectivity index (χ2n) is 11.2. The molecule has 0 unspecified atom stereocenters. The summed E-state index contributed by atoms with van der Waals surface area (Å²) in [7, 11) is 0. The zero-order valence-electron chi connectivity index (χ0n) is 27.5. The number of rotatable bonds is 7. The molecule has 2 aliphatic heterocycles. The van der Waals surface area contributed by atoms with Crippen LogP contribution >= 0.6 is 0 Å². The third-order valence-corrected chi connectivity index (χ3v) is 8.17. The molecule has 0 radical (unpaired) electrons. The van der Waals surface area contributed by atoms with E-state index in [2.05, 4.69) is 105 Å². The second kappa shape index (κ2) is 20.1. The summed E-state index contributed by atoms with van der Waals surface area (Å²) in [6.45, 7) is 30.1. The molecule has 2 heterocycles. The molecule has 3 nitrogen and oxygen atoms in total. The Bertz CT molecular complexity index is 825. The summed E-state index contributed by atoms with van der Waals surface area (Å²) in [5, 5.41) is 0. The van der Waals surface area contributed by atoms with Crippen molar-refractivity contribution in [2.24, 2.45) is 11.8 Å². The Labute approximate surface area is 244 Å². The highest BCUT2D eigenvalue weighted by molar-refractivity contribution is 5.48. The molecule has 2 saturated heterocycles. The smallest absolute Gasteiger partial charge is 0.0366 e. The van der Waals surface area contributed by atoms with E-state index in [9.17, 15) is 0 Å². The van der Waals surface area contributed by atoms with Crippen LogP contribution in [0.3, 0.4) is 0 Å². The van der Waals surface area contributed by atoms with Crippen molar-refractivity contribution < 1.29 is 0 Å². The topological polar surface area (TPSA) is 9.72 Å². The highest BCUT2D eigenvalue weighted by atomic mass is 15.3. The van der Waals surface area contributed by atoms with Crippen molar-refractivity contribution in [1.29, 1.82) is 0 Å². The summed E-state index contributed by atoms with van der Waals surface area (Å²) in [5.74, 6) is 1.78. The van der Waals surface area contributed by atoms with Crippen LogP contribution < -0.4 is 4.90 Å². The molecule has 0 saturated carbocycles. The van der Waals surface area contributed by atoms with Gasteiger partial charge in [-0.3, -0.25) is 9.80 Å². The minimum absolute atomic E-state index is 0.691. The van der Waals surface area contributed by atoms with Crippen LogP contribution in [0.1, 0.15) is 98.8 Å². The van der Waals surface area contributed by atoms with Crippen LogP contribution in [0.5, 0.6) is 0 Å². The summed E-state index contributed by atoms with van der Waals surface area (Å²) < 4.78 is 0. The predicted molar refractivity (Wildman–Crippen MR) is 176 cm³/mol. The van der Waals surface area contributed by atoms with Crippen LogP contribution in [0, 0.1) is 11.8 Å². The molecule has 0 bridgehead atoms. The number of nitrogens with zero attached hydrogens (tertiary/aromatic N) is 3. The number of piperidine rings is 1. The second-order valence-corrected chi connectivity index (χ2v) is 11.2. The summed E-state index contributed by atoms with van der Waals surface area (Å²) in [6, 6.07) is 18.9. The van der Waals surface area contributed by atoms with E-state index in [-0.39, 0.29) is 0 Å². The number of benzene rings is 2. The lowest BCUT2D eigenvalue weighted by atomic mass is 9.86. The SMILES string of the molecule is CC.CC.CCc1ccc(CN2CCN(C(C)C)CC2)cc1.CCc1ccc(N2CCC(C(C)C)CC2)cc1. The van der Waals surface area contributed by atoms with E-state index in [1.807, 2.05) is 27.7 Å². The molecule has 0 spiro atoms. The van der Waals surface area contributed by atoms with Crippen molar-refractivity contribution in [2.45, 2.75) is 108 Å². The standard InChI is InChI=1S/C16H26N2.C16H25N.2C2H6/c1-4-15-5-7-16(8-6-15)13-17-9-11-18(12-10-17)14(2)3;1-4-14-5-7-16(8-6-14)17-11-9-15(10-12-17)13(2)3;2*1-2/h5-8,14H,4,9-13H2,1-3H3;5-8,13,15H,4,9-12H2,1-3H3;2*1-2H3. The van der Waals surface area contributed by atoms with E-state index in [0.29, 0.717) is 6.04 Å². The van der Waals surface area contributed by atoms with Gasteiger partial charge < -0.3 is 4.90 Å². The Kier molecular flexibility index (Phi) is 18.1. The maximum absolute atomic E-state index is 2.57. The fourth-order valence-corrected chi connectivity index (χ4v) is 5.34. The zero-order chi connectivity index (χ0) is 29.2. The van der Waals surface area contributed by atoms with E-state index < -0.39 is 0 Å². The molecule has 3 heteroatoms. The van der Waals surface area contributed by atoms with Crippen LogP contribution in [-0.2, 0) is 19.4 Å². The van der Waals surface area contributed by atoms with Gasteiger partial charge in [-0.05, 0) is 80.2 Å². The highest BCUT2D eigenvalue weighted by Crippen LogP contribution is 2.27. The van der Waals surface area contributed by atoms with E-state index in [4.69, 9.17) is 0 Å². The van der Waals surface area contributed by atoms with E-state index >= 15 is 0 Å². The third kappa shape index (κ3) is 12.5. The zero-order valence-corrected chi connectivity index (χ0v) is 27.5. The van der Waals surface area contributed by atoms with Crippen molar-refractivity contribution in [3.63, 3.8) is 0 Å². The predicted octanol–water partition coefficient (Wildman–Crippen LogP) is 8.95. The van der Waals surface area contributed by atoms with Gasteiger partial charge in [0, 0.05) is 57.5 Å². The van der Waals surface area contributed by atoms with Gasteiger partial charge in [-0.2, -0.15) is 0 Å². The molecule has 222 valence electrons. The average Bonchev–Trinajstić information content (AvgIpc) is 3.00. The van der Waals surface area contributed by atoms with Gasteiger partial charge in [0.15, 0.2) is 0 Å². The number of aryl methyl sites for hydroxylation is 2. The molecular formula is C36H63N3. The molecule has 0 aromatic heterocycles. The van der Waals surface area contributed by atoms with Crippen molar-refractivity contribution in [3.8, 4) is 0 Å². The Morgan fingerprint density at radius 3 is 1.46 bits per heavy atom. The van der Waals surface area contributed by atoms with Gasteiger partial charge in [-0.1, -0.05) is 91.8 Å². The Morgan fingerprint density at radius 1 is 0.615 bits per heavy atom. The maximum atomic E-state index is 2.57. The number of hydrogen-bond acceptors (Lipinski definition) is 3. The van der Waals surface area contributed by atoms with Gasteiger partial charge in [0.2, 0.25) is 0 Å². The van der Waals surface area contributed by atoms with Gasteiger partial charge in [0.1, 0.15) is 0 Å². The summed E-state index contributed by atoms with van der Waals surface area (Å²) in [6.07, 6.45) is 4.98. The van der Waals surface area contributed by atoms with Crippen LogP contribution in [0.4, 0.5) is 5.69 Å².